The first-order valence-corrected chi connectivity index (χ1v) is 6.99. The second-order valence-corrected chi connectivity index (χ2v) is 5.51. The summed E-state index contributed by atoms with van der Waals surface area (Å²) < 4.78 is 0. The Hall–Kier alpha value is -2.54. The summed E-state index contributed by atoms with van der Waals surface area (Å²) in [6.07, 6.45) is 0.586. The molecular weight excluding hydrogens is 286 g/mol. The minimum Gasteiger partial charge on any atom is -0.507 e. The molecule has 0 bridgehead atoms. The largest absolute Gasteiger partial charge is 0.507 e. The average molecular weight is 303 g/mol. The van der Waals surface area contributed by atoms with Gasteiger partial charge < -0.3 is 20.3 Å². The lowest BCUT2D eigenvalue weighted by Crippen LogP contribution is -2.35. The first kappa shape index (κ1) is 14.4. The minimum absolute atomic E-state index is 0.0730. The van der Waals surface area contributed by atoms with Crippen LogP contribution in [0.2, 0.25) is 0 Å². The standard InChI is InChI=1S/C15H17N3O4/c1-8-16-11-7-18(3-2-10(11)15(22)17-8)6-9-4-13(20)14(21)5-12(9)19/h4-5,19-21H,2-3,6-7H2,1H3,(H,16,17,22). The molecule has 0 atom stereocenters. The van der Waals surface area contributed by atoms with Crippen LogP contribution in [0.5, 0.6) is 17.2 Å². The van der Waals surface area contributed by atoms with E-state index in [1.54, 1.807) is 6.92 Å². The summed E-state index contributed by atoms with van der Waals surface area (Å²) >= 11 is 0. The van der Waals surface area contributed by atoms with Crippen LogP contribution in [0.25, 0.3) is 0 Å². The lowest BCUT2D eigenvalue weighted by atomic mass is 10.1. The molecule has 2 heterocycles. The van der Waals surface area contributed by atoms with Crippen LogP contribution in [0.3, 0.4) is 0 Å². The number of H-pyrrole nitrogens is 1. The smallest absolute Gasteiger partial charge is 0.254 e. The molecule has 0 radical (unpaired) electrons. The van der Waals surface area contributed by atoms with E-state index in [2.05, 4.69) is 9.97 Å². The maximum Gasteiger partial charge on any atom is 0.254 e. The van der Waals surface area contributed by atoms with Gasteiger partial charge in [0.15, 0.2) is 11.5 Å². The fourth-order valence-electron chi connectivity index (χ4n) is 2.73. The van der Waals surface area contributed by atoms with Crippen LogP contribution in [0, 0.1) is 6.92 Å². The number of aromatic amines is 1. The van der Waals surface area contributed by atoms with Gasteiger partial charge in [-0.3, -0.25) is 9.69 Å². The van der Waals surface area contributed by atoms with Gasteiger partial charge in [0, 0.05) is 36.8 Å². The summed E-state index contributed by atoms with van der Waals surface area (Å²) in [5, 5.41) is 28.8. The summed E-state index contributed by atoms with van der Waals surface area (Å²) in [6.45, 7) is 3.29. The average Bonchev–Trinajstić information content (AvgIpc) is 2.44. The topological polar surface area (TPSA) is 110 Å². The summed E-state index contributed by atoms with van der Waals surface area (Å²) in [5.74, 6) is -0.114. The zero-order chi connectivity index (χ0) is 15.9. The first-order chi connectivity index (χ1) is 10.4. The quantitative estimate of drug-likeness (QED) is 0.481. The van der Waals surface area contributed by atoms with Crippen molar-refractivity contribution < 1.29 is 15.3 Å². The third kappa shape index (κ3) is 2.62. The predicted molar refractivity (Wildman–Crippen MR) is 78.8 cm³/mol. The second-order valence-electron chi connectivity index (χ2n) is 5.51. The molecule has 0 fully saturated rings. The van der Waals surface area contributed by atoms with E-state index in [0.717, 1.165) is 11.8 Å². The van der Waals surface area contributed by atoms with Crippen LogP contribution in [-0.4, -0.2) is 36.7 Å². The normalized spacial score (nSPS) is 14.8. The molecule has 3 rings (SSSR count). The number of aryl methyl sites for hydroxylation is 1. The first-order valence-electron chi connectivity index (χ1n) is 6.99. The van der Waals surface area contributed by atoms with E-state index in [1.165, 1.54) is 6.07 Å². The van der Waals surface area contributed by atoms with Crippen molar-refractivity contribution >= 4 is 0 Å². The molecule has 2 aromatic rings. The molecule has 1 aromatic heterocycles. The molecule has 4 N–H and O–H groups in total. The van der Waals surface area contributed by atoms with Crippen molar-refractivity contribution in [3.8, 4) is 17.2 Å². The van der Waals surface area contributed by atoms with E-state index in [-0.39, 0.29) is 22.8 Å². The van der Waals surface area contributed by atoms with Crippen LogP contribution in [0.15, 0.2) is 16.9 Å². The zero-order valence-electron chi connectivity index (χ0n) is 12.1. The SMILES string of the molecule is Cc1nc2c(c(=O)[nH]1)CCN(Cc1cc(O)c(O)cc1O)C2. The van der Waals surface area contributed by atoms with Gasteiger partial charge in [0.1, 0.15) is 11.6 Å². The van der Waals surface area contributed by atoms with E-state index in [9.17, 15) is 20.1 Å². The van der Waals surface area contributed by atoms with Gasteiger partial charge >= 0.3 is 0 Å². The Bertz CT molecular complexity index is 785. The molecule has 0 unspecified atom stereocenters. The second kappa shape index (κ2) is 5.34. The highest BCUT2D eigenvalue weighted by molar-refractivity contribution is 5.48. The number of aromatic hydroxyl groups is 3. The summed E-state index contributed by atoms with van der Waals surface area (Å²) in [5.41, 5.74) is 1.88. The Balaban J connectivity index is 1.84. The molecule has 0 saturated heterocycles. The lowest BCUT2D eigenvalue weighted by Gasteiger charge is -2.27. The Morgan fingerprint density at radius 2 is 1.95 bits per heavy atom. The van der Waals surface area contributed by atoms with E-state index >= 15 is 0 Å². The lowest BCUT2D eigenvalue weighted by molar-refractivity contribution is 0.236. The van der Waals surface area contributed by atoms with E-state index in [4.69, 9.17) is 0 Å². The highest BCUT2D eigenvalue weighted by atomic mass is 16.3. The third-order valence-electron chi connectivity index (χ3n) is 3.84. The molecule has 0 saturated carbocycles. The Morgan fingerprint density at radius 3 is 2.73 bits per heavy atom. The number of nitrogens with one attached hydrogen (secondary N) is 1. The molecule has 7 heteroatoms. The Labute approximate surface area is 126 Å². The van der Waals surface area contributed by atoms with Gasteiger partial charge in [-0.2, -0.15) is 0 Å². The van der Waals surface area contributed by atoms with Gasteiger partial charge in [0.25, 0.3) is 5.56 Å². The maximum atomic E-state index is 11.9. The van der Waals surface area contributed by atoms with Crippen LogP contribution < -0.4 is 5.56 Å². The van der Waals surface area contributed by atoms with E-state index < -0.39 is 0 Å². The molecule has 1 aliphatic heterocycles. The summed E-state index contributed by atoms with van der Waals surface area (Å²) in [6, 6.07) is 2.46. The van der Waals surface area contributed by atoms with Crippen LogP contribution >= 0.6 is 0 Å². The fraction of sp³-hybridized carbons (Fsp3) is 0.333. The number of hydrogen-bond acceptors (Lipinski definition) is 6. The van der Waals surface area contributed by atoms with Crippen molar-refractivity contribution in [1.82, 2.24) is 14.9 Å². The third-order valence-corrected chi connectivity index (χ3v) is 3.84. The summed E-state index contributed by atoms with van der Waals surface area (Å²) in [4.78, 5) is 21.0. The number of fused-ring (bicyclic) bond motifs is 1. The molecule has 0 aliphatic carbocycles. The van der Waals surface area contributed by atoms with Gasteiger partial charge in [0.05, 0.1) is 5.69 Å². The van der Waals surface area contributed by atoms with E-state index in [0.29, 0.717) is 43.0 Å². The fourth-order valence-corrected chi connectivity index (χ4v) is 2.73. The molecule has 1 aromatic carbocycles. The molecule has 7 nitrogen and oxygen atoms in total. The molecule has 0 spiro atoms. The van der Waals surface area contributed by atoms with Crippen LogP contribution in [-0.2, 0) is 19.5 Å². The van der Waals surface area contributed by atoms with Gasteiger partial charge in [0.2, 0.25) is 0 Å². The van der Waals surface area contributed by atoms with Crippen molar-refractivity contribution in [3.05, 3.63) is 45.1 Å². The predicted octanol–water partition coefficient (Wildman–Crippen LogP) is 0.753. The van der Waals surface area contributed by atoms with Gasteiger partial charge in [-0.1, -0.05) is 0 Å². The number of rotatable bonds is 2. The van der Waals surface area contributed by atoms with Gasteiger partial charge in [-0.15, -0.1) is 0 Å². The van der Waals surface area contributed by atoms with Gasteiger partial charge in [-0.25, -0.2) is 4.98 Å². The number of benzene rings is 1. The maximum absolute atomic E-state index is 11.9. The molecule has 22 heavy (non-hydrogen) atoms. The summed E-state index contributed by atoms with van der Waals surface area (Å²) in [7, 11) is 0. The number of phenolic OH excluding ortho intramolecular Hbond substituents is 3. The van der Waals surface area contributed by atoms with Crippen molar-refractivity contribution in [2.75, 3.05) is 6.54 Å². The monoisotopic (exact) mass is 303 g/mol. The number of hydrogen-bond donors (Lipinski definition) is 4. The zero-order valence-corrected chi connectivity index (χ0v) is 12.1. The van der Waals surface area contributed by atoms with Crippen LogP contribution in [0.4, 0.5) is 0 Å². The number of aromatic nitrogens is 2. The van der Waals surface area contributed by atoms with Crippen molar-refractivity contribution in [2.24, 2.45) is 0 Å². The molecule has 0 amide bonds. The van der Waals surface area contributed by atoms with E-state index in [1.807, 2.05) is 4.90 Å². The number of phenols is 3. The minimum atomic E-state index is -0.353. The van der Waals surface area contributed by atoms with Crippen LogP contribution in [0.1, 0.15) is 22.6 Å². The van der Waals surface area contributed by atoms with Gasteiger partial charge in [-0.05, 0) is 19.4 Å². The molecule has 116 valence electrons. The highest BCUT2D eigenvalue weighted by Gasteiger charge is 2.21. The Morgan fingerprint density at radius 1 is 1.23 bits per heavy atom. The molecular formula is C15H17N3O4. The van der Waals surface area contributed by atoms with Crippen molar-refractivity contribution in [2.45, 2.75) is 26.4 Å². The number of nitrogens with zero attached hydrogens (tertiary/aromatic N) is 2. The highest BCUT2D eigenvalue weighted by Crippen LogP contribution is 2.33. The molecule has 1 aliphatic rings. The Kier molecular flexibility index (Phi) is 3.50. The van der Waals surface area contributed by atoms with Crippen molar-refractivity contribution in [3.63, 3.8) is 0 Å². The van der Waals surface area contributed by atoms with Crippen molar-refractivity contribution in [1.29, 1.82) is 0 Å².